The second-order valence-electron chi connectivity index (χ2n) is 8.38. The minimum atomic E-state index is -3.53. The fourth-order valence-corrected chi connectivity index (χ4v) is 4.97. The molecule has 144 valence electrons. The van der Waals surface area contributed by atoms with Crippen molar-refractivity contribution in [3.05, 3.63) is 0 Å². The summed E-state index contributed by atoms with van der Waals surface area (Å²) in [6.07, 6.45) is 5.79. The van der Waals surface area contributed by atoms with Crippen LogP contribution >= 0.6 is 0 Å². The minimum absolute atomic E-state index is 0.0864. The Morgan fingerprint density at radius 1 is 1.04 bits per heavy atom. The molecule has 2 fully saturated rings. The van der Waals surface area contributed by atoms with E-state index in [-0.39, 0.29) is 5.92 Å². The van der Waals surface area contributed by atoms with Gasteiger partial charge in [-0.1, -0.05) is 40.0 Å². The Bertz CT molecular complexity index is 601. The van der Waals surface area contributed by atoms with Gasteiger partial charge in [0.25, 0.3) is 0 Å². The SMILES string of the molecule is CC(C)(C)[C@H](NC(=O)[C@@H](NS(=O)(=O)C1CC1)C1CCCCC1)C(=O)O. The summed E-state index contributed by atoms with van der Waals surface area (Å²) < 4.78 is 27.3. The van der Waals surface area contributed by atoms with E-state index in [1.54, 1.807) is 20.8 Å². The number of carbonyl (C=O) groups excluding carboxylic acids is 1. The van der Waals surface area contributed by atoms with Crippen LogP contribution in [0, 0.1) is 11.3 Å². The van der Waals surface area contributed by atoms with E-state index in [0.29, 0.717) is 12.8 Å². The van der Waals surface area contributed by atoms with E-state index >= 15 is 0 Å². The molecule has 3 N–H and O–H groups in total. The lowest BCUT2D eigenvalue weighted by atomic mass is 9.83. The summed E-state index contributed by atoms with van der Waals surface area (Å²) in [5.41, 5.74) is -0.673. The molecule has 2 aliphatic rings. The van der Waals surface area contributed by atoms with Crippen molar-refractivity contribution < 1.29 is 23.1 Å². The maximum absolute atomic E-state index is 12.8. The minimum Gasteiger partial charge on any atom is -0.480 e. The molecule has 0 aromatic heterocycles. The van der Waals surface area contributed by atoms with Crippen molar-refractivity contribution in [3.63, 3.8) is 0 Å². The summed E-state index contributed by atoms with van der Waals surface area (Å²) in [5, 5.41) is 11.6. The monoisotopic (exact) mass is 374 g/mol. The number of rotatable bonds is 7. The molecule has 2 rings (SSSR count). The molecule has 2 saturated carbocycles. The standard InChI is InChI=1S/C17H30N2O5S/c1-17(2,3)14(16(21)22)18-15(20)13(11-7-5-4-6-8-11)19-25(23,24)12-9-10-12/h11-14,19H,4-10H2,1-3H3,(H,18,20)(H,21,22)/t13-,14+/m0/s1. The molecule has 0 aliphatic heterocycles. The molecule has 0 saturated heterocycles. The van der Waals surface area contributed by atoms with Gasteiger partial charge in [-0.2, -0.15) is 0 Å². The Morgan fingerprint density at radius 3 is 2.04 bits per heavy atom. The molecule has 0 radical (unpaired) electrons. The van der Waals surface area contributed by atoms with Crippen LogP contribution in [0.2, 0.25) is 0 Å². The number of hydrogen-bond acceptors (Lipinski definition) is 4. The Kier molecular flexibility index (Phi) is 6.14. The van der Waals surface area contributed by atoms with E-state index in [0.717, 1.165) is 32.1 Å². The fourth-order valence-electron chi connectivity index (χ4n) is 3.36. The Hall–Kier alpha value is -1.15. The summed E-state index contributed by atoms with van der Waals surface area (Å²) in [7, 11) is -3.53. The summed E-state index contributed by atoms with van der Waals surface area (Å²) in [4.78, 5) is 24.4. The Labute approximate surface area is 150 Å². The molecule has 25 heavy (non-hydrogen) atoms. The molecule has 0 aromatic carbocycles. The lowest BCUT2D eigenvalue weighted by Gasteiger charge is -2.33. The van der Waals surface area contributed by atoms with Crippen LogP contribution < -0.4 is 10.0 Å². The third-order valence-electron chi connectivity index (χ3n) is 5.06. The molecule has 2 aliphatic carbocycles. The van der Waals surface area contributed by atoms with Gasteiger partial charge in [0.05, 0.1) is 5.25 Å². The average Bonchev–Trinajstić information content (AvgIpc) is 3.34. The molecule has 0 bridgehead atoms. The van der Waals surface area contributed by atoms with Crippen molar-refractivity contribution in [3.8, 4) is 0 Å². The zero-order valence-electron chi connectivity index (χ0n) is 15.2. The molecule has 0 aromatic rings. The highest BCUT2D eigenvalue weighted by atomic mass is 32.2. The number of nitrogens with one attached hydrogen (secondary N) is 2. The van der Waals surface area contributed by atoms with Crippen LogP contribution in [0.1, 0.15) is 65.7 Å². The number of carboxylic acid groups (broad SMARTS) is 1. The van der Waals surface area contributed by atoms with Gasteiger partial charge < -0.3 is 10.4 Å². The first-order valence-electron chi connectivity index (χ1n) is 9.06. The summed E-state index contributed by atoms with van der Waals surface area (Å²) in [5.74, 6) is -1.73. The van der Waals surface area contributed by atoms with E-state index in [2.05, 4.69) is 10.0 Å². The number of hydrogen-bond donors (Lipinski definition) is 3. The Morgan fingerprint density at radius 2 is 1.60 bits per heavy atom. The normalized spacial score (nSPS) is 22.2. The van der Waals surface area contributed by atoms with Gasteiger partial charge in [0, 0.05) is 0 Å². The smallest absolute Gasteiger partial charge is 0.326 e. The van der Waals surface area contributed by atoms with Crippen molar-refractivity contribution in [2.75, 3.05) is 0 Å². The molecule has 2 atom stereocenters. The third-order valence-corrected chi connectivity index (χ3v) is 6.99. The number of amides is 1. The van der Waals surface area contributed by atoms with Crippen molar-refractivity contribution in [2.24, 2.45) is 11.3 Å². The predicted octanol–water partition coefficient (Wildman–Crippen LogP) is 1.63. The topological polar surface area (TPSA) is 113 Å². The maximum Gasteiger partial charge on any atom is 0.326 e. The highest BCUT2D eigenvalue weighted by Gasteiger charge is 2.42. The number of carbonyl (C=O) groups is 2. The van der Waals surface area contributed by atoms with Crippen LogP contribution in [0.25, 0.3) is 0 Å². The Balaban J connectivity index is 2.17. The van der Waals surface area contributed by atoms with Crippen molar-refractivity contribution in [1.82, 2.24) is 10.0 Å². The summed E-state index contributed by atoms with van der Waals surface area (Å²) >= 11 is 0. The second-order valence-corrected chi connectivity index (χ2v) is 10.4. The largest absolute Gasteiger partial charge is 0.480 e. The van der Waals surface area contributed by atoms with Gasteiger partial charge in [0.1, 0.15) is 12.1 Å². The van der Waals surface area contributed by atoms with Crippen LogP contribution in [0.15, 0.2) is 0 Å². The molecule has 7 nitrogen and oxygen atoms in total. The lowest BCUT2D eigenvalue weighted by Crippen LogP contribution is -2.58. The van der Waals surface area contributed by atoms with Gasteiger partial charge in [0.15, 0.2) is 0 Å². The maximum atomic E-state index is 12.8. The number of sulfonamides is 1. The van der Waals surface area contributed by atoms with E-state index in [1.807, 2.05) is 0 Å². The van der Waals surface area contributed by atoms with Crippen LogP contribution in [0.3, 0.4) is 0 Å². The van der Waals surface area contributed by atoms with Gasteiger partial charge in [-0.3, -0.25) is 4.79 Å². The first kappa shape index (κ1) is 20.2. The molecule has 0 heterocycles. The van der Waals surface area contributed by atoms with E-state index in [9.17, 15) is 23.1 Å². The zero-order valence-corrected chi connectivity index (χ0v) is 16.1. The fraction of sp³-hybridized carbons (Fsp3) is 0.882. The summed E-state index contributed by atoms with van der Waals surface area (Å²) in [6.45, 7) is 5.20. The predicted molar refractivity (Wildman–Crippen MR) is 94.5 cm³/mol. The van der Waals surface area contributed by atoms with Gasteiger partial charge in [0.2, 0.25) is 15.9 Å². The quantitative estimate of drug-likeness (QED) is 0.627. The lowest BCUT2D eigenvalue weighted by molar-refractivity contribution is -0.145. The molecule has 8 heteroatoms. The van der Waals surface area contributed by atoms with Gasteiger partial charge in [-0.05, 0) is 37.0 Å². The molecule has 0 unspecified atom stereocenters. The third kappa shape index (κ3) is 5.41. The van der Waals surface area contributed by atoms with Crippen LogP contribution in [0.5, 0.6) is 0 Å². The molecule has 1 amide bonds. The van der Waals surface area contributed by atoms with Crippen LogP contribution in [0.4, 0.5) is 0 Å². The zero-order chi connectivity index (χ0) is 18.8. The van der Waals surface area contributed by atoms with E-state index in [4.69, 9.17) is 0 Å². The van der Waals surface area contributed by atoms with Crippen molar-refractivity contribution in [1.29, 1.82) is 0 Å². The number of carboxylic acids is 1. The first-order chi connectivity index (χ1) is 11.5. The highest BCUT2D eigenvalue weighted by molar-refractivity contribution is 7.90. The van der Waals surface area contributed by atoms with Crippen LogP contribution in [-0.4, -0.2) is 42.7 Å². The average molecular weight is 375 g/mol. The molecular formula is C17H30N2O5S. The number of aliphatic carboxylic acids is 1. The highest BCUT2D eigenvalue weighted by Crippen LogP contribution is 2.31. The van der Waals surface area contributed by atoms with Crippen molar-refractivity contribution in [2.45, 2.75) is 83.1 Å². The van der Waals surface area contributed by atoms with E-state index < -0.39 is 44.6 Å². The van der Waals surface area contributed by atoms with Gasteiger partial charge >= 0.3 is 5.97 Å². The van der Waals surface area contributed by atoms with Crippen LogP contribution in [-0.2, 0) is 19.6 Å². The molecular weight excluding hydrogens is 344 g/mol. The second kappa shape index (κ2) is 7.61. The van der Waals surface area contributed by atoms with Crippen molar-refractivity contribution >= 4 is 21.9 Å². The van der Waals surface area contributed by atoms with E-state index in [1.165, 1.54) is 0 Å². The summed E-state index contributed by atoms with van der Waals surface area (Å²) in [6, 6.07) is -1.97. The van der Waals surface area contributed by atoms with Gasteiger partial charge in [-0.15, -0.1) is 0 Å². The first-order valence-corrected chi connectivity index (χ1v) is 10.6. The molecule has 0 spiro atoms. The van der Waals surface area contributed by atoms with Gasteiger partial charge in [-0.25, -0.2) is 17.9 Å².